The number of ether oxygens (including phenoxy) is 2. The minimum absolute atomic E-state index is 0.0140. The molecule has 0 aromatic heterocycles. The van der Waals surface area contributed by atoms with Crippen molar-refractivity contribution in [3.8, 4) is 5.75 Å². The summed E-state index contributed by atoms with van der Waals surface area (Å²) in [6.45, 7) is 7.81. The van der Waals surface area contributed by atoms with Crippen molar-refractivity contribution >= 4 is 25.6 Å². The molecular weight excluding hydrogens is 467 g/mol. The molecule has 0 aliphatic carbocycles. The molecule has 1 amide bonds. The van der Waals surface area contributed by atoms with Gasteiger partial charge in [0, 0.05) is 12.0 Å². The lowest BCUT2D eigenvalue weighted by molar-refractivity contribution is -0.145. The first-order valence-electron chi connectivity index (χ1n) is 11.0. The van der Waals surface area contributed by atoms with Gasteiger partial charge in [0.2, 0.25) is 5.91 Å². The van der Waals surface area contributed by atoms with E-state index in [2.05, 4.69) is 10.4 Å². The predicted molar refractivity (Wildman–Crippen MR) is 124 cm³/mol. The number of aliphatic hydroxyl groups is 1. The molecule has 34 heavy (non-hydrogen) atoms. The highest BCUT2D eigenvalue weighted by molar-refractivity contribution is 7.52. The van der Waals surface area contributed by atoms with E-state index >= 15 is 0 Å². The van der Waals surface area contributed by atoms with Crippen molar-refractivity contribution in [2.75, 3.05) is 26.4 Å². The Labute approximate surface area is 200 Å². The van der Waals surface area contributed by atoms with Crippen molar-refractivity contribution < 1.29 is 42.6 Å². The molecule has 1 rings (SSSR count). The molecule has 0 fully saturated rings. The van der Waals surface area contributed by atoms with Gasteiger partial charge in [-0.1, -0.05) is 32.0 Å². The monoisotopic (exact) mass is 502 g/mol. The molecule has 1 aromatic carbocycles. The molecule has 0 saturated carbocycles. The van der Waals surface area contributed by atoms with Gasteiger partial charge in [-0.3, -0.25) is 18.9 Å². The average molecular weight is 503 g/mol. The first-order chi connectivity index (χ1) is 15.9. The quantitative estimate of drug-likeness (QED) is 0.241. The van der Waals surface area contributed by atoms with Crippen molar-refractivity contribution in [1.82, 2.24) is 10.4 Å². The Morgan fingerprint density at radius 2 is 1.71 bits per heavy atom. The highest BCUT2D eigenvalue weighted by atomic mass is 31.2. The topological polar surface area (TPSA) is 149 Å². The zero-order valence-corrected chi connectivity index (χ0v) is 21.1. The third kappa shape index (κ3) is 10.2. The summed E-state index contributed by atoms with van der Waals surface area (Å²) >= 11 is 0. The summed E-state index contributed by atoms with van der Waals surface area (Å²) in [6.07, 6.45) is -1.60. The summed E-state index contributed by atoms with van der Waals surface area (Å²) in [5, 5.41) is 15.5. The number of hydrogen-bond donors (Lipinski definition) is 3. The maximum absolute atomic E-state index is 13.5. The van der Waals surface area contributed by atoms with Gasteiger partial charge in [-0.05, 0) is 32.9 Å². The average Bonchev–Trinajstić information content (AvgIpc) is 2.78. The predicted octanol–water partition coefficient (Wildman–Crippen LogP) is 2.19. The molecule has 12 heteroatoms. The molecule has 0 saturated heterocycles. The van der Waals surface area contributed by atoms with E-state index in [0.717, 1.165) is 0 Å². The van der Waals surface area contributed by atoms with E-state index in [4.69, 9.17) is 18.5 Å². The molecular formula is C22H35N2O9P. The summed E-state index contributed by atoms with van der Waals surface area (Å²) in [5.41, 5.74) is -1.21. The van der Waals surface area contributed by atoms with Crippen LogP contribution in [0, 0.1) is 5.41 Å². The Morgan fingerprint density at radius 3 is 2.29 bits per heavy atom. The minimum Gasteiger partial charge on any atom is -0.466 e. The van der Waals surface area contributed by atoms with Gasteiger partial charge in [-0.2, -0.15) is 5.09 Å². The molecule has 0 aliphatic rings. The summed E-state index contributed by atoms with van der Waals surface area (Å²) < 4.78 is 34.2. The minimum atomic E-state index is -4.14. The number of rotatable bonds is 15. The zero-order valence-electron chi connectivity index (χ0n) is 20.2. The van der Waals surface area contributed by atoms with Gasteiger partial charge in [0.25, 0.3) is 0 Å². The maximum Gasteiger partial charge on any atom is 0.459 e. The Hall–Kier alpha value is -2.46. The number of nitrogens with one attached hydrogen (secondary N) is 2. The van der Waals surface area contributed by atoms with Gasteiger partial charge in [-0.15, -0.1) is 0 Å². The van der Waals surface area contributed by atoms with Crippen molar-refractivity contribution in [2.24, 2.45) is 5.41 Å². The van der Waals surface area contributed by atoms with Crippen molar-refractivity contribution in [2.45, 2.75) is 53.2 Å². The Kier molecular flexibility index (Phi) is 12.2. The molecule has 3 N–H and O–H groups in total. The summed E-state index contributed by atoms with van der Waals surface area (Å²) in [4.78, 5) is 35.7. The smallest absolute Gasteiger partial charge is 0.459 e. The SMILES string of the molecule is CCOC(=O)CCNC(=O)[C@H](O)C(C)(C)COP(=O)(N[C@@H](C)C(=O)OCC)Oc1ccccc1. The van der Waals surface area contributed by atoms with Crippen LogP contribution in [0.4, 0.5) is 0 Å². The number of para-hydroxylation sites is 1. The molecule has 0 radical (unpaired) electrons. The number of carbonyl (C=O) groups excluding carboxylic acids is 3. The fourth-order valence-corrected chi connectivity index (χ4v) is 4.23. The van der Waals surface area contributed by atoms with E-state index in [-0.39, 0.29) is 38.5 Å². The molecule has 0 aliphatic heterocycles. The zero-order chi connectivity index (χ0) is 25.8. The highest BCUT2D eigenvalue weighted by Gasteiger charge is 2.39. The lowest BCUT2D eigenvalue weighted by atomic mass is 9.87. The third-order valence-electron chi connectivity index (χ3n) is 4.49. The van der Waals surface area contributed by atoms with Crippen LogP contribution in [0.3, 0.4) is 0 Å². The van der Waals surface area contributed by atoms with Gasteiger partial charge >= 0.3 is 19.7 Å². The van der Waals surface area contributed by atoms with Crippen molar-refractivity contribution in [3.63, 3.8) is 0 Å². The van der Waals surface area contributed by atoms with Gasteiger partial charge < -0.3 is 24.4 Å². The van der Waals surface area contributed by atoms with E-state index < -0.39 is 43.2 Å². The van der Waals surface area contributed by atoms with Crippen molar-refractivity contribution in [3.05, 3.63) is 30.3 Å². The highest BCUT2D eigenvalue weighted by Crippen LogP contribution is 2.46. The normalized spacial score (nSPS) is 14.9. The van der Waals surface area contributed by atoms with Gasteiger partial charge in [0.15, 0.2) is 0 Å². The summed E-state index contributed by atoms with van der Waals surface area (Å²) in [6, 6.07) is 7.18. The first kappa shape index (κ1) is 29.6. The van der Waals surface area contributed by atoms with Gasteiger partial charge in [0.1, 0.15) is 17.9 Å². The third-order valence-corrected chi connectivity index (χ3v) is 6.11. The van der Waals surface area contributed by atoms with E-state index in [0.29, 0.717) is 0 Å². The van der Waals surface area contributed by atoms with Gasteiger partial charge in [-0.25, -0.2) is 4.57 Å². The number of hydrogen-bond acceptors (Lipinski definition) is 9. The van der Waals surface area contributed by atoms with Crippen LogP contribution in [0.1, 0.15) is 41.0 Å². The molecule has 1 aromatic rings. The number of aliphatic hydroxyl groups excluding tert-OH is 1. The number of esters is 2. The first-order valence-corrected chi connectivity index (χ1v) is 12.5. The van der Waals surface area contributed by atoms with E-state index in [1.807, 2.05) is 0 Å². The van der Waals surface area contributed by atoms with E-state index in [9.17, 15) is 24.1 Å². The number of benzene rings is 1. The summed E-state index contributed by atoms with van der Waals surface area (Å²) in [5.74, 6) is -1.63. The second-order valence-corrected chi connectivity index (χ2v) is 9.71. The molecule has 0 heterocycles. The van der Waals surface area contributed by atoms with E-state index in [1.165, 1.54) is 20.8 Å². The number of amides is 1. The fourth-order valence-electron chi connectivity index (χ4n) is 2.57. The summed E-state index contributed by atoms with van der Waals surface area (Å²) in [7, 11) is -4.14. The second kappa shape index (κ2) is 14.1. The largest absolute Gasteiger partial charge is 0.466 e. The van der Waals surface area contributed by atoms with Crippen LogP contribution in [0.2, 0.25) is 0 Å². The van der Waals surface area contributed by atoms with Crippen LogP contribution in [-0.4, -0.2) is 61.5 Å². The Bertz CT molecular complexity index is 848. The second-order valence-electron chi connectivity index (χ2n) is 8.02. The standard InChI is InChI=1S/C22H35N2O9P/c1-6-30-18(25)13-14-23-20(27)19(26)22(4,5)15-32-34(29,24-16(3)21(28)31-7-2)33-17-11-9-8-10-12-17/h8-12,16,19,26H,6-7,13-15H2,1-5H3,(H,23,27)(H,24,29)/t16-,19-,34?/m0/s1. The van der Waals surface area contributed by atoms with Crippen LogP contribution < -0.4 is 14.9 Å². The van der Waals surface area contributed by atoms with Gasteiger partial charge in [0.05, 0.1) is 26.2 Å². The Balaban J connectivity index is 2.85. The molecule has 0 spiro atoms. The molecule has 1 unspecified atom stereocenters. The molecule has 192 valence electrons. The number of carbonyl (C=O) groups is 3. The van der Waals surface area contributed by atoms with Crippen molar-refractivity contribution in [1.29, 1.82) is 0 Å². The Morgan fingerprint density at radius 1 is 1.09 bits per heavy atom. The maximum atomic E-state index is 13.5. The van der Waals surface area contributed by atoms with Crippen LogP contribution >= 0.6 is 7.75 Å². The lowest BCUT2D eigenvalue weighted by Crippen LogP contribution is -2.46. The molecule has 11 nitrogen and oxygen atoms in total. The van der Waals surface area contributed by atoms with E-state index in [1.54, 1.807) is 44.2 Å². The fraction of sp³-hybridized carbons (Fsp3) is 0.591. The molecule has 3 atom stereocenters. The lowest BCUT2D eigenvalue weighted by Gasteiger charge is -2.31. The van der Waals surface area contributed by atoms with Crippen LogP contribution in [0.5, 0.6) is 5.75 Å². The molecule has 0 bridgehead atoms. The van der Waals surface area contributed by atoms with Crippen LogP contribution in [0.15, 0.2) is 30.3 Å². The van der Waals surface area contributed by atoms with Crippen LogP contribution in [-0.2, 0) is 32.9 Å². The van der Waals surface area contributed by atoms with Crippen LogP contribution in [0.25, 0.3) is 0 Å².